The van der Waals surface area contributed by atoms with E-state index in [0.717, 1.165) is 30.9 Å². The Morgan fingerprint density at radius 2 is 2.00 bits per heavy atom. The molecule has 0 fully saturated rings. The van der Waals surface area contributed by atoms with Crippen LogP contribution in [0.25, 0.3) is 0 Å². The molecule has 20 heavy (non-hydrogen) atoms. The van der Waals surface area contributed by atoms with E-state index in [1.807, 2.05) is 43.2 Å². The number of nitrogens with zero attached hydrogens (tertiary/aromatic N) is 2. The molecule has 0 amide bonds. The Labute approximate surface area is 120 Å². The molecule has 0 spiro atoms. The van der Waals surface area contributed by atoms with Crippen LogP contribution in [0.1, 0.15) is 37.1 Å². The summed E-state index contributed by atoms with van der Waals surface area (Å²) in [5.41, 5.74) is 2.21. The number of benzene rings is 1. The van der Waals surface area contributed by atoms with E-state index in [9.17, 15) is 0 Å². The fourth-order valence-electron chi connectivity index (χ4n) is 2.16. The molecule has 2 aromatic rings. The molecule has 1 atom stereocenters. The minimum absolute atomic E-state index is 0.112. The Bertz CT molecular complexity index is 519. The molecule has 1 aromatic heterocycles. The molecule has 0 saturated heterocycles. The van der Waals surface area contributed by atoms with Crippen molar-refractivity contribution < 1.29 is 4.74 Å². The molecule has 1 unspecified atom stereocenters. The molecular formula is C16H23N3O. The van der Waals surface area contributed by atoms with E-state index < -0.39 is 0 Å². The molecule has 108 valence electrons. The molecule has 2 rings (SSSR count). The number of hydrogen-bond acceptors (Lipinski definition) is 3. The molecule has 4 heteroatoms. The summed E-state index contributed by atoms with van der Waals surface area (Å²) in [6.07, 6.45) is 4.20. The summed E-state index contributed by atoms with van der Waals surface area (Å²) in [5, 5.41) is 7.77. The summed E-state index contributed by atoms with van der Waals surface area (Å²) in [6, 6.07) is 10.4. The van der Waals surface area contributed by atoms with E-state index in [1.54, 1.807) is 0 Å². The maximum Gasteiger partial charge on any atom is 0.119 e. The Morgan fingerprint density at radius 3 is 2.55 bits per heavy atom. The quantitative estimate of drug-likeness (QED) is 0.788. The summed E-state index contributed by atoms with van der Waals surface area (Å²) in [6.45, 7) is 2.95. The van der Waals surface area contributed by atoms with E-state index in [-0.39, 0.29) is 6.04 Å². The van der Waals surface area contributed by atoms with Crippen molar-refractivity contribution >= 4 is 0 Å². The number of aromatic nitrogens is 2. The second-order valence-corrected chi connectivity index (χ2v) is 4.91. The molecule has 1 N–H and O–H groups in total. The van der Waals surface area contributed by atoms with Crippen molar-refractivity contribution in [2.75, 3.05) is 13.7 Å². The summed E-state index contributed by atoms with van der Waals surface area (Å²) >= 11 is 0. The van der Waals surface area contributed by atoms with Crippen LogP contribution in [0, 0.1) is 0 Å². The monoisotopic (exact) mass is 273 g/mol. The van der Waals surface area contributed by atoms with Gasteiger partial charge in [-0.15, -0.1) is 0 Å². The van der Waals surface area contributed by atoms with E-state index >= 15 is 0 Å². The molecule has 0 bridgehead atoms. The zero-order valence-corrected chi connectivity index (χ0v) is 12.5. The van der Waals surface area contributed by atoms with Gasteiger partial charge < -0.3 is 10.1 Å². The minimum Gasteiger partial charge on any atom is -0.494 e. The zero-order chi connectivity index (χ0) is 14.4. The van der Waals surface area contributed by atoms with Crippen LogP contribution in [0.4, 0.5) is 0 Å². The van der Waals surface area contributed by atoms with Gasteiger partial charge in [0.15, 0.2) is 0 Å². The second-order valence-electron chi connectivity index (χ2n) is 4.91. The first-order chi connectivity index (χ1) is 9.74. The van der Waals surface area contributed by atoms with Crippen LogP contribution < -0.4 is 10.1 Å². The van der Waals surface area contributed by atoms with Gasteiger partial charge in [-0.3, -0.25) is 4.68 Å². The lowest BCUT2D eigenvalue weighted by atomic mass is 10.0. The summed E-state index contributed by atoms with van der Waals surface area (Å²) in [5.74, 6) is 0.929. The van der Waals surface area contributed by atoms with Crippen molar-refractivity contribution in [1.82, 2.24) is 15.1 Å². The third-order valence-corrected chi connectivity index (χ3v) is 3.30. The smallest absolute Gasteiger partial charge is 0.119 e. The van der Waals surface area contributed by atoms with Gasteiger partial charge in [0.05, 0.1) is 18.3 Å². The number of unbranched alkanes of at least 4 members (excludes halogenated alkanes) is 1. The lowest BCUT2D eigenvalue weighted by molar-refractivity contribution is 0.309. The van der Waals surface area contributed by atoms with Gasteiger partial charge in [0.1, 0.15) is 5.75 Å². The van der Waals surface area contributed by atoms with Crippen LogP contribution in [0.5, 0.6) is 5.75 Å². The first kappa shape index (κ1) is 14.6. The van der Waals surface area contributed by atoms with Gasteiger partial charge in [-0.05, 0) is 37.2 Å². The van der Waals surface area contributed by atoms with Crippen LogP contribution in [0.3, 0.4) is 0 Å². The third kappa shape index (κ3) is 3.61. The van der Waals surface area contributed by atoms with Gasteiger partial charge in [-0.2, -0.15) is 5.10 Å². The average molecular weight is 273 g/mol. The van der Waals surface area contributed by atoms with Crippen LogP contribution in [-0.2, 0) is 7.05 Å². The highest BCUT2D eigenvalue weighted by Crippen LogP contribution is 2.22. The molecule has 0 aliphatic rings. The Balaban J connectivity index is 2.07. The minimum atomic E-state index is 0.112. The third-order valence-electron chi connectivity index (χ3n) is 3.30. The molecule has 4 nitrogen and oxygen atoms in total. The summed E-state index contributed by atoms with van der Waals surface area (Å²) in [4.78, 5) is 0. The van der Waals surface area contributed by atoms with Crippen molar-refractivity contribution in [3.63, 3.8) is 0 Å². The fraction of sp³-hybridized carbons (Fsp3) is 0.438. The Kier molecular flexibility index (Phi) is 5.18. The highest BCUT2D eigenvalue weighted by atomic mass is 16.5. The van der Waals surface area contributed by atoms with Crippen molar-refractivity contribution in [2.24, 2.45) is 7.05 Å². The van der Waals surface area contributed by atoms with Crippen molar-refractivity contribution in [2.45, 2.75) is 25.8 Å². The van der Waals surface area contributed by atoms with Crippen LogP contribution >= 0.6 is 0 Å². The van der Waals surface area contributed by atoms with Gasteiger partial charge in [-0.25, -0.2) is 0 Å². The van der Waals surface area contributed by atoms with Gasteiger partial charge in [0.25, 0.3) is 0 Å². The Hall–Kier alpha value is -1.81. The average Bonchev–Trinajstić information content (AvgIpc) is 2.88. The fourth-order valence-corrected chi connectivity index (χ4v) is 2.16. The predicted molar refractivity (Wildman–Crippen MR) is 81.0 cm³/mol. The highest BCUT2D eigenvalue weighted by molar-refractivity contribution is 5.33. The van der Waals surface area contributed by atoms with Crippen molar-refractivity contribution in [3.8, 4) is 5.75 Å². The molecule has 1 aromatic carbocycles. The normalized spacial score (nSPS) is 12.3. The molecule has 0 aliphatic heterocycles. The number of hydrogen-bond donors (Lipinski definition) is 1. The van der Waals surface area contributed by atoms with E-state index in [0.29, 0.717) is 0 Å². The van der Waals surface area contributed by atoms with Crippen LogP contribution in [-0.4, -0.2) is 23.4 Å². The van der Waals surface area contributed by atoms with E-state index in [2.05, 4.69) is 29.5 Å². The molecule has 1 heterocycles. The number of aryl methyl sites for hydroxylation is 1. The van der Waals surface area contributed by atoms with Crippen molar-refractivity contribution in [1.29, 1.82) is 0 Å². The van der Waals surface area contributed by atoms with E-state index in [4.69, 9.17) is 4.74 Å². The largest absolute Gasteiger partial charge is 0.494 e. The van der Waals surface area contributed by atoms with Gasteiger partial charge in [-0.1, -0.05) is 25.5 Å². The molecule has 0 saturated carbocycles. The SMILES string of the molecule is CCCCOc1ccc(C(NC)c2ccn(C)n2)cc1. The molecular weight excluding hydrogens is 250 g/mol. The van der Waals surface area contributed by atoms with Crippen molar-refractivity contribution in [3.05, 3.63) is 47.8 Å². The molecule has 0 radical (unpaired) electrons. The summed E-state index contributed by atoms with van der Waals surface area (Å²) < 4.78 is 7.51. The van der Waals surface area contributed by atoms with Gasteiger partial charge in [0, 0.05) is 13.2 Å². The highest BCUT2D eigenvalue weighted by Gasteiger charge is 2.14. The number of nitrogens with one attached hydrogen (secondary N) is 1. The standard InChI is InChI=1S/C16H23N3O/c1-4-5-12-20-14-8-6-13(7-9-14)16(17-2)15-10-11-19(3)18-15/h6-11,16-17H,4-5,12H2,1-3H3. The van der Waals surface area contributed by atoms with E-state index in [1.165, 1.54) is 5.56 Å². The van der Waals surface area contributed by atoms with Crippen LogP contribution in [0.2, 0.25) is 0 Å². The zero-order valence-electron chi connectivity index (χ0n) is 12.5. The number of rotatable bonds is 7. The molecule has 0 aliphatic carbocycles. The predicted octanol–water partition coefficient (Wildman–Crippen LogP) is 2.91. The van der Waals surface area contributed by atoms with Gasteiger partial charge >= 0.3 is 0 Å². The summed E-state index contributed by atoms with van der Waals surface area (Å²) in [7, 11) is 3.88. The first-order valence-electron chi connectivity index (χ1n) is 7.14. The Morgan fingerprint density at radius 1 is 1.25 bits per heavy atom. The lowest BCUT2D eigenvalue weighted by Crippen LogP contribution is -2.18. The maximum atomic E-state index is 5.68. The first-order valence-corrected chi connectivity index (χ1v) is 7.14. The number of ether oxygens (including phenoxy) is 1. The topological polar surface area (TPSA) is 39.1 Å². The van der Waals surface area contributed by atoms with Gasteiger partial charge in [0.2, 0.25) is 0 Å². The van der Waals surface area contributed by atoms with Crippen LogP contribution in [0.15, 0.2) is 36.5 Å². The lowest BCUT2D eigenvalue weighted by Gasteiger charge is -2.15. The maximum absolute atomic E-state index is 5.68. The second kappa shape index (κ2) is 7.10.